The minimum atomic E-state index is -0.896. The molecule has 0 heterocycles. The predicted molar refractivity (Wildman–Crippen MR) is 89.2 cm³/mol. The molecule has 0 saturated carbocycles. The molecule has 5 nitrogen and oxygen atoms in total. The summed E-state index contributed by atoms with van der Waals surface area (Å²) in [5.41, 5.74) is 1.09. The van der Waals surface area contributed by atoms with Crippen LogP contribution in [-0.4, -0.2) is 42.3 Å². The molecule has 0 radical (unpaired) electrons. The number of amides is 1. The minimum absolute atomic E-state index is 0.00470. The van der Waals surface area contributed by atoms with Crippen LogP contribution in [0.5, 0.6) is 0 Å². The highest BCUT2D eigenvalue weighted by molar-refractivity contribution is 5.79. The Morgan fingerprint density at radius 2 is 1.61 bits per heavy atom. The predicted octanol–water partition coefficient (Wildman–Crippen LogP) is 3.42. The molecule has 0 aromatic heterocycles. The maximum atomic E-state index is 12.4. The highest BCUT2D eigenvalue weighted by Crippen LogP contribution is 2.13. The molecule has 0 spiro atoms. The fourth-order valence-corrected chi connectivity index (χ4v) is 2.50. The number of carbonyl (C=O) groups is 2. The molecule has 0 aliphatic carbocycles. The number of rotatable bonds is 7. The molecule has 0 unspecified atom stereocenters. The van der Waals surface area contributed by atoms with E-state index in [1.54, 1.807) is 4.90 Å². The van der Waals surface area contributed by atoms with Crippen molar-refractivity contribution >= 4 is 12.1 Å². The lowest BCUT2D eigenvalue weighted by Gasteiger charge is -2.31. The van der Waals surface area contributed by atoms with Gasteiger partial charge in [-0.2, -0.15) is 0 Å². The Balaban J connectivity index is 2.74. The molecule has 0 fully saturated rings. The Labute approximate surface area is 138 Å². The van der Waals surface area contributed by atoms with Crippen molar-refractivity contribution in [1.29, 1.82) is 0 Å². The summed E-state index contributed by atoms with van der Waals surface area (Å²) in [5, 5.41) is 0. The lowest BCUT2D eigenvalue weighted by Crippen LogP contribution is -2.45. The molecule has 5 heteroatoms. The quantitative estimate of drug-likeness (QED) is 0.722. The SMILES string of the molecule is COC(=O)[C@H](CCc1ccccc1)OC(=O)N(C(C)C)C(C)C. The average molecular weight is 321 g/mol. The van der Waals surface area contributed by atoms with Crippen LogP contribution in [0.1, 0.15) is 39.7 Å². The van der Waals surface area contributed by atoms with Crippen molar-refractivity contribution in [1.82, 2.24) is 4.90 Å². The minimum Gasteiger partial charge on any atom is -0.466 e. The van der Waals surface area contributed by atoms with Crippen molar-refractivity contribution < 1.29 is 19.1 Å². The third-order valence-corrected chi connectivity index (χ3v) is 3.57. The van der Waals surface area contributed by atoms with E-state index in [0.717, 1.165) is 5.56 Å². The van der Waals surface area contributed by atoms with E-state index in [9.17, 15) is 9.59 Å². The number of methoxy groups -OCH3 is 1. The van der Waals surface area contributed by atoms with E-state index >= 15 is 0 Å². The summed E-state index contributed by atoms with van der Waals surface area (Å²) in [6.07, 6.45) is -0.352. The second-order valence-electron chi connectivity index (χ2n) is 6.01. The van der Waals surface area contributed by atoms with Crippen LogP contribution in [0.2, 0.25) is 0 Å². The number of carbonyl (C=O) groups excluding carboxylic acids is 2. The zero-order chi connectivity index (χ0) is 17.4. The Bertz CT molecular complexity index is 491. The van der Waals surface area contributed by atoms with Gasteiger partial charge in [-0.3, -0.25) is 0 Å². The fraction of sp³-hybridized carbons (Fsp3) is 0.556. The molecule has 1 atom stereocenters. The van der Waals surface area contributed by atoms with Crippen molar-refractivity contribution in [2.45, 2.75) is 58.7 Å². The number of hydrogen-bond acceptors (Lipinski definition) is 4. The molecule has 1 aromatic rings. The van der Waals surface area contributed by atoms with Crippen LogP contribution < -0.4 is 0 Å². The van der Waals surface area contributed by atoms with Crippen LogP contribution in [0.25, 0.3) is 0 Å². The van der Waals surface area contributed by atoms with Crippen molar-refractivity contribution in [3.8, 4) is 0 Å². The molecular formula is C18H27NO4. The van der Waals surface area contributed by atoms with Gasteiger partial charge >= 0.3 is 12.1 Å². The smallest absolute Gasteiger partial charge is 0.411 e. The number of benzene rings is 1. The maximum absolute atomic E-state index is 12.4. The summed E-state index contributed by atoms with van der Waals surface area (Å²) < 4.78 is 10.2. The first-order valence-electron chi connectivity index (χ1n) is 7.97. The summed E-state index contributed by atoms with van der Waals surface area (Å²) in [4.78, 5) is 25.9. The first-order chi connectivity index (χ1) is 10.9. The van der Waals surface area contributed by atoms with Gasteiger partial charge in [0.2, 0.25) is 6.10 Å². The lowest BCUT2D eigenvalue weighted by molar-refractivity contribution is -0.151. The zero-order valence-corrected chi connectivity index (χ0v) is 14.6. The summed E-state index contributed by atoms with van der Waals surface area (Å²) in [6.45, 7) is 7.66. The van der Waals surface area contributed by atoms with E-state index in [1.807, 2.05) is 58.0 Å². The lowest BCUT2D eigenvalue weighted by atomic mass is 10.1. The van der Waals surface area contributed by atoms with Crippen molar-refractivity contribution in [2.24, 2.45) is 0 Å². The van der Waals surface area contributed by atoms with E-state index in [2.05, 4.69) is 0 Å². The molecule has 0 aliphatic rings. The second kappa shape index (κ2) is 9.18. The van der Waals surface area contributed by atoms with E-state index < -0.39 is 18.2 Å². The molecule has 0 saturated heterocycles. The molecule has 1 amide bonds. The van der Waals surface area contributed by atoms with Gasteiger partial charge in [0.15, 0.2) is 0 Å². The van der Waals surface area contributed by atoms with E-state index in [0.29, 0.717) is 12.8 Å². The van der Waals surface area contributed by atoms with E-state index in [1.165, 1.54) is 7.11 Å². The molecule has 0 aliphatic heterocycles. The Morgan fingerprint density at radius 1 is 1.04 bits per heavy atom. The molecule has 23 heavy (non-hydrogen) atoms. The summed E-state index contributed by atoms with van der Waals surface area (Å²) in [7, 11) is 1.30. The van der Waals surface area contributed by atoms with Crippen LogP contribution in [0.4, 0.5) is 4.79 Å². The molecule has 1 rings (SSSR count). The van der Waals surface area contributed by atoms with Gasteiger partial charge in [-0.05, 0) is 46.1 Å². The fourth-order valence-electron chi connectivity index (χ4n) is 2.50. The molecule has 128 valence electrons. The van der Waals surface area contributed by atoms with Gasteiger partial charge in [-0.15, -0.1) is 0 Å². The summed E-state index contributed by atoms with van der Waals surface area (Å²) >= 11 is 0. The monoisotopic (exact) mass is 321 g/mol. The Morgan fingerprint density at radius 3 is 2.09 bits per heavy atom. The standard InChI is InChI=1S/C18H27NO4/c1-13(2)19(14(3)4)18(21)23-16(17(20)22-5)12-11-15-9-7-6-8-10-15/h6-10,13-14,16H,11-12H2,1-5H3/t16-/m0/s1. The van der Waals surface area contributed by atoms with E-state index in [4.69, 9.17) is 9.47 Å². The van der Waals surface area contributed by atoms with Gasteiger partial charge in [0.05, 0.1) is 7.11 Å². The third-order valence-electron chi connectivity index (χ3n) is 3.57. The van der Waals surface area contributed by atoms with Crippen LogP contribution in [0, 0.1) is 0 Å². The average Bonchev–Trinajstić information content (AvgIpc) is 2.50. The zero-order valence-electron chi connectivity index (χ0n) is 14.6. The maximum Gasteiger partial charge on any atom is 0.411 e. The Hall–Kier alpha value is -2.04. The van der Waals surface area contributed by atoms with Gasteiger partial charge in [0.25, 0.3) is 0 Å². The number of nitrogens with zero attached hydrogens (tertiary/aromatic N) is 1. The number of hydrogen-bond donors (Lipinski definition) is 0. The van der Waals surface area contributed by atoms with Gasteiger partial charge in [-0.1, -0.05) is 30.3 Å². The van der Waals surface area contributed by atoms with Crippen LogP contribution in [-0.2, 0) is 20.7 Å². The van der Waals surface area contributed by atoms with Gasteiger partial charge < -0.3 is 14.4 Å². The second-order valence-corrected chi connectivity index (χ2v) is 6.01. The first-order valence-corrected chi connectivity index (χ1v) is 7.97. The number of aryl methyl sites for hydroxylation is 1. The van der Waals surface area contributed by atoms with Crippen LogP contribution in [0.15, 0.2) is 30.3 Å². The highest BCUT2D eigenvalue weighted by Gasteiger charge is 2.29. The topological polar surface area (TPSA) is 55.8 Å². The van der Waals surface area contributed by atoms with Crippen molar-refractivity contribution in [3.05, 3.63) is 35.9 Å². The normalized spacial score (nSPS) is 12.1. The van der Waals surface area contributed by atoms with Crippen molar-refractivity contribution in [2.75, 3.05) is 7.11 Å². The van der Waals surface area contributed by atoms with Gasteiger partial charge in [0, 0.05) is 12.1 Å². The van der Waals surface area contributed by atoms with Gasteiger partial charge in [-0.25, -0.2) is 9.59 Å². The Kier molecular flexibility index (Phi) is 7.59. The first kappa shape index (κ1) is 19.0. The highest BCUT2D eigenvalue weighted by atomic mass is 16.6. The van der Waals surface area contributed by atoms with Gasteiger partial charge in [0.1, 0.15) is 0 Å². The molecular weight excluding hydrogens is 294 g/mol. The largest absolute Gasteiger partial charge is 0.466 e. The molecule has 1 aromatic carbocycles. The van der Waals surface area contributed by atoms with E-state index in [-0.39, 0.29) is 12.1 Å². The van der Waals surface area contributed by atoms with Crippen LogP contribution >= 0.6 is 0 Å². The third kappa shape index (κ3) is 5.93. The molecule has 0 bridgehead atoms. The number of ether oxygens (including phenoxy) is 2. The number of esters is 1. The summed E-state index contributed by atoms with van der Waals surface area (Å²) in [6, 6.07) is 9.76. The van der Waals surface area contributed by atoms with Crippen LogP contribution in [0.3, 0.4) is 0 Å². The molecule has 0 N–H and O–H groups in total. The van der Waals surface area contributed by atoms with Crippen molar-refractivity contribution in [3.63, 3.8) is 0 Å². The summed E-state index contributed by atoms with van der Waals surface area (Å²) in [5.74, 6) is -0.526.